The highest BCUT2D eigenvalue weighted by Crippen LogP contribution is 2.29. The molecule has 1 atom stereocenters. The van der Waals surface area contributed by atoms with Gasteiger partial charge >= 0.3 is 0 Å². The van der Waals surface area contributed by atoms with E-state index in [4.69, 9.17) is 4.74 Å². The molecule has 1 saturated carbocycles. The number of ether oxygens (including phenoxy) is 1. The molecule has 1 aliphatic carbocycles. The number of halogens is 1. The van der Waals surface area contributed by atoms with Crippen molar-refractivity contribution in [2.75, 3.05) is 7.11 Å². The van der Waals surface area contributed by atoms with Crippen molar-refractivity contribution in [2.45, 2.75) is 44.6 Å². The minimum Gasteiger partial charge on any atom is -0.494 e. The van der Waals surface area contributed by atoms with E-state index >= 15 is 0 Å². The zero-order valence-electron chi connectivity index (χ0n) is 10.9. The lowest BCUT2D eigenvalue weighted by molar-refractivity contribution is 0.143. The maximum absolute atomic E-state index is 13.5. The van der Waals surface area contributed by atoms with Gasteiger partial charge in [0.15, 0.2) is 11.6 Å². The van der Waals surface area contributed by atoms with E-state index in [1.807, 2.05) is 6.07 Å². The molecule has 1 fully saturated rings. The zero-order valence-corrected chi connectivity index (χ0v) is 10.9. The summed E-state index contributed by atoms with van der Waals surface area (Å²) in [7, 11) is 1.45. The summed E-state index contributed by atoms with van der Waals surface area (Å²) in [6.45, 7) is 0. The summed E-state index contributed by atoms with van der Waals surface area (Å²) in [5.41, 5.74) is 0.832. The quantitative estimate of drug-likeness (QED) is 0.871. The molecule has 1 N–H and O–H groups in total. The Morgan fingerprint density at radius 1 is 1.39 bits per heavy atom. The fraction of sp³-hybridized carbons (Fsp3) is 0.600. The van der Waals surface area contributed by atoms with E-state index < -0.39 is 0 Å². The van der Waals surface area contributed by atoms with Gasteiger partial charge in [-0.1, -0.05) is 31.7 Å². The van der Waals surface area contributed by atoms with E-state index in [1.54, 1.807) is 6.07 Å². The molecule has 1 unspecified atom stereocenters. The molecule has 0 heterocycles. The number of benzene rings is 1. The molecule has 18 heavy (non-hydrogen) atoms. The average molecular weight is 252 g/mol. The number of rotatable bonds is 5. The predicted octanol–water partition coefficient (Wildman–Crippen LogP) is 3.32. The molecule has 0 saturated heterocycles. The summed E-state index contributed by atoms with van der Waals surface area (Å²) in [5, 5.41) is 10.0. The average Bonchev–Trinajstić information content (AvgIpc) is 2.82. The van der Waals surface area contributed by atoms with Crippen LogP contribution in [0, 0.1) is 11.7 Å². The van der Waals surface area contributed by atoms with Gasteiger partial charge < -0.3 is 9.84 Å². The van der Waals surface area contributed by atoms with E-state index in [1.165, 1.54) is 38.9 Å². The third kappa shape index (κ3) is 3.45. The number of methoxy groups -OCH3 is 1. The van der Waals surface area contributed by atoms with Crippen LogP contribution in [0.4, 0.5) is 4.39 Å². The van der Waals surface area contributed by atoms with Crippen LogP contribution in [0.1, 0.15) is 37.7 Å². The standard InChI is InChI=1S/C15H21FO2/c1-18-15-7-6-12(10-14(15)16)9-13(17)8-11-4-2-3-5-11/h6-7,10-11,13,17H,2-5,8-9H2,1H3. The Kier molecular flexibility index (Phi) is 4.59. The van der Waals surface area contributed by atoms with Gasteiger partial charge in [-0.25, -0.2) is 4.39 Å². The van der Waals surface area contributed by atoms with Gasteiger partial charge in [-0.15, -0.1) is 0 Å². The van der Waals surface area contributed by atoms with Crippen molar-refractivity contribution in [3.8, 4) is 5.75 Å². The lowest BCUT2D eigenvalue weighted by Gasteiger charge is -2.15. The minimum absolute atomic E-state index is 0.254. The topological polar surface area (TPSA) is 29.5 Å². The maximum Gasteiger partial charge on any atom is 0.165 e. The second-order valence-corrected chi connectivity index (χ2v) is 5.21. The van der Waals surface area contributed by atoms with Crippen LogP contribution in [-0.4, -0.2) is 18.3 Å². The minimum atomic E-state index is -0.360. The smallest absolute Gasteiger partial charge is 0.165 e. The Balaban J connectivity index is 1.89. The Labute approximate surface area is 108 Å². The Morgan fingerprint density at radius 2 is 2.11 bits per heavy atom. The van der Waals surface area contributed by atoms with E-state index in [0.29, 0.717) is 12.3 Å². The fourth-order valence-corrected chi connectivity index (χ4v) is 2.82. The lowest BCUT2D eigenvalue weighted by atomic mass is 9.96. The summed E-state index contributed by atoms with van der Waals surface area (Å²) in [6.07, 6.45) is 6.04. The Hall–Kier alpha value is -1.09. The van der Waals surface area contributed by atoms with Crippen LogP contribution in [0.2, 0.25) is 0 Å². The molecule has 2 nitrogen and oxygen atoms in total. The van der Waals surface area contributed by atoms with Crippen LogP contribution < -0.4 is 4.74 Å². The van der Waals surface area contributed by atoms with Crippen molar-refractivity contribution in [1.82, 2.24) is 0 Å². The SMILES string of the molecule is COc1ccc(CC(O)CC2CCCC2)cc1F. The fourth-order valence-electron chi connectivity index (χ4n) is 2.82. The predicted molar refractivity (Wildman–Crippen MR) is 69.2 cm³/mol. The van der Waals surface area contributed by atoms with Gasteiger partial charge in [0.2, 0.25) is 0 Å². The summed E-state index contributed by atoms with van der Waals surface area (Å²) < 4.78 is 18.4. The van der Waals surface area contributed by atoms with Crippen LogP contribution in [0.25, 0.3) is 0 Å². The monoisotopic (exact) mass is 252 g/mol. The first-order valence-corrected chi connectivity index (χ1v) is 6.69. The van der Waals surface area contributed by atoms with Gasteiger partial charge in [-0.2, -0.15) is 0 Å². The van der Waals surface area contributed by atoms with Crippen molar-refractivity contribution >= 4 is 0 Å². The molecular weight excluding hydrogens is 231 g/mol. The first-order chi connectivity index (χ1) is 8.69. The van der Waals surface area contributed by atoms with Gasteiger partial charge in [0.05, 0.1) is 13.2 Å². The van der Waals surface area contributed by atoms with Crippen LogP contribution >= 0.6 is 0 Å². The number of hydrogen-bond donors (Lipinski definition) is 1. The molecule has 0 bridgehead atoms. The summed E-state index contributed by atoms with van der Waals surface area (Å²) in [6, 6.07) is 4.89. The van der Waals surface area contributed by atoms with Crippen molar-refractivity contribution in [1.29, 1.82) is 0 Å². The summed E-state index contributed by atoms with van der Waals surface area (Å²) in [5.74, 6) is 0.551. The first kappa shape index (κ1) is 13.3. The summed E-state index contributed by atoms with van der Waals surface area (Å²) in [4.78, 5) is 0. The molecule has 3 heteroatoms. The van der Waals surface area contributed by atoms with E-state index in [2.05, 4.69) is 0 Å². The number of hydrogen-bond acceptors (Lipinski definition) is 2. The Bertz CT molecular complexity index is 386. The van der Waals surface area contributed by atoms with Gasteiger partial charge in [0.1, 0.15) is 0 Å². The van der Waals surface area contributed by atoms with Crippen molar-refractivity contribution in [3.05, 3.63) is 29.6 Å². The largest absolute Gasteiger partial charge is 0.494 e. The van der Waals surface area contributed by atoms with Crippen LogP contribution in [0.15, 0.2) is 18.2 Å². The van der Waals surface area contributed by atoms with Gasteiger partial charge in [-0.05, 0) is 36.5 Å². The molecule has 1 aromatic rings. The van der Waals surface area contributed by atoms with E-state index in [0.717, 1.165) is 12.0 Å². The highest BCUT2D eigenvalue weighted by atomic mass is 19.1. The second kappa shape index (κ2) is 6.19. The number of aliphatic hydroxyl groups is 1. The Morgan fingerprint density at radius 3 is 2.72 bits per heavy atom. The van der Waals surface area contributed by atoms with Crippen LogP contribution in [-0.2, 0) is 6.42 Å². The van der Waals surface area contributed by atoms with E-state index in [-0.39, 0.29) is 17.7 Å². The molecule has 100 valence electrons. The van der Waals surface area contributed by atoms with Crippen LogP contribution in [0.5, 0.6) is 5.75 Å². The molecule has 0 aliphatic heterocycles. The number of aliphatic hydroxyl groups excluding tert-OH is 1. The zero-order chi connectivity index (χ0) is 13.0. The van der Waals surface area contributed by atoms with Gasteiger partial charge in [0, 0.05) is 0 Å². The summed E-state index contributed by atoms with van der Waals surface area (Å²) >= 11 is 0. The first-order valence-electron chi connectivity index (χ1n) is 6.69. The molecule has 0 radical (unpaired) electrons. The molecule has 0 amide bonds. The molecule has 1 aromatic carbocycles. The van der Waals surface area contributed by atoms with Crippen molar-refractivity contribution in [2.24, 2.45) is 5.92 Å². The second-order valence-electron chi connectivity index (χ2n) is 5.21. The van der Waals surface area contributed by atoms with Crippen molar-refractivity contribution < 1.29 is 14.2 Å². The molecular formula is C15H21FO2. The third-order valence-electron chi connectivity index (χ3n) is 3.77. The van der Waals surface area contributed by atoms with Gasteiger partial charge in [-0.3, -0.25) is 0 Å². The lowest BCUT2D eigenvalue weighted by Crippen LogP contribution is -2.14. The highest BCUT2D eigenvalue weighted by molar-refractivity contribution is 5.29. The van der Waals surface area contributed by atoms with Crippen LogP contribution in [0.3, 0.4) is 0 Å². The van der Waals surface area contributed by atoms with Gasteiger partial charge in [0.25, 0.3) is 0 Å². The molecule has 0 spiro atoms. The highest BCUT2D eigenvalue weighted by Gasteiger charge is 2.19. The maximum atomic E-state index is 13.5. The molecule has 1 aliphatic rings. The molecule has 0 aromatic heterocycles. The van der Waals surface area contributed by atoms with Crippen molar-refractivity contribution in [3.63, 3.8) is 0 Å². The molecule has 2 rings (SSSR count). The normalized spacial score (nSPS) is 17.9. The van der Waals surface area contributed by atoms with E-state index in [9.17, 15) is 9.50 Å². The third-order valence-corrected chi connectivity index (χ3v) is 3.77.